The van der Waals surface area contributed by atoms with Crippen molar-refractivity contribution in [2.24, 2.45) is 0 Å². The van der Waals surface area contributed by atoms with Crippen LogP contribution in [-0.2, 0) is 28.6 Å². The number of carbonyl (C=O) groups excluding carboxylic acids is 3. The van der Waals surface area contributed by atoms with E-state index in [1.165, 1.54) is 154 Å². The van der Waals surface area contributed by atoms with Crippen LogP contribution in [-0.4, -0.2) is 37.2 Å². The number of hydrogen-bond donors (Lipinski definition) is 0. The van der Waals surface area contributed by atoms with Gasteiger partial charge in [-0.2, -0.15) is 0 Å². The first-order valence-electron chi connectivity index (χ1n) is 31.2. The van der Waals surface area contributed by atoms with Crippen molar-refractivity contribution in [2.75, 3.05) is 13.2 Å². The van der Waals surface area contributed by atoms with E-state index in [0.717, 1.165) is 109 Å². The molecule has 6 nitrogen and oxygen atoms in total. The van der Waals surface area contributed by atoms with Crippen molar-refractivity contribution in [1.82, 2.24) is 0 Å². The minimum Gasteiger partial charge on any atom is -0.462 e. The fraction of sp³-hybridized carbons (Fsp3) is 0.746. The van der Waals surface area contributed by atoms with E-state index in [4.69, 9.17) is 14.2 Å². The van der Waals surface area contributed by atoms with Crippen LogP contribution in [0.5, 0.6) is 0 Å². The van der Waals surface area contributed by atoms with Gasteiger partial charge in [-0.05, 0) is 96.3 Å². The van der Waals surface area contributed by atoms with Gasteiger partial charge in [0, 0.05) is 19.3 Å². The Labute approximate surface area is 452 Å². The summed E-state index contributed by atoms with van der Waals surface area (Å²) in [5, 5.41) is 0. The first kappa shape index (κ1) is 69.6. The number of rotatable bonds is 56. The van der Waals surface area contributed by atoms with Crippen LogP contribution in [0.4, 0.5) is 0 Å². The lowest BCUT2D eigenvalue weighted by molar-refractivity contribution is -0.167. The van der Waals surface area contributed by atoms with Crippen molar-refractivity contribution in [1.29, 1.82) is 0 Å². The average Bonchev–Trinajstić information content (AvgIpc) is 3.39. The number of esters is 3. The molecule has 0 amide bonds. The van der Waals surface area contributed by atoms with E-state index in [1.54, 1.807) is 0 Å². The summed E-state index contributed by atoms with van der Waals surface area (Å²) in [4.78, 5) is 38.3. The van der Waals surface area contributed by atoms with E-state index >= 15 is 0 Å². The third-order valence-corrected chi connectivity index (χ3v) is 13.5. The molecule has 0 spiro atoms. The highest BCUT2D eigenvalue weighted by atomic mass is 16.6. The second-order valence-electron chi connectivity index (χ2n) is 20.7. The Balaban J connectivity index is 4.47. The second-order valence-corrected chi connectivity index (χ2v) is 20.7. The lowest BCUT2D eigenvalue weighted by Gasteiger charge is -2.18. The number of unbranched alkanes of at least 4 members (excludes halogenated alkanes) is 35. The maximum Gasteiger partial charge on any atom is 0.306 e. The molecule has 0 rings (SSSR count). The maximum atomic E-state index is 12.9. The largest absolute Gasteiger partial charge is 0.462 e. The molecule has 0 heterocycles. The molecule has 0 aliphatic heterocycles. The molecule has 6 heteroatoms. The van der Waals surface area contributed by atoms with E-state index in [2.05, 4.69) is 106 Å². The monoisotopic (exact) mass is 1020 g/mol. The molecule has 0 aromatic rings. The molecule has 0 saturated heterocycles. The Morgan fingerprint density at radius 1 is 0.274 bits per heavy atom. The first-order chi connectivity index (χ1) is 36.0. The Kier molecular flexibility index (Phi) is 58.3. The quantitative estimate of drug-likeness (QED) is 0.0199. The zero-order valence-corrected chi connectivity index (χ0v) is 48.1. The van der Waals surface area contributed by atoms with Gasteiger partial charge < -0.3 is 14.2 Å². The molecule has 0 aromatic heterocycles. The summed E-state index contributed by atoms with van der Waals surface area (Å²) < 4.78 is 16.9. The standard InChI is InChI=1S/C67H116O6/c1-4-7-10-13-16-19-22-25-28-31-34-37-39-42-45-48-51-54-57-60-66(69)72-63-64(73-67(70)61-58-55-52-49-46-43-40-36-33-30-27-24-21-18-15-12-9-6-3)62-71-65(68)59-56-53-50-47-44-41-38-35-32-29-26-23-20-17-14-11-8-5-2/h23-24,26-27,29-36,38,40,64H,4-22,25,28,37,39,41-63H2,1-3H3/b26-23-,27-24-,32-29-,33-30-,34-31-,38-35-,40-36-. The molecule has 0 saturated carbocycles. The van der Waals surface area contributed by atoms with Gasteiger partial charge in [0.2, 0.25) is 0 Å². The Morgan fingerprint density at radius 2 is 0.507 bits per heavy atom. The van der Waals surface area contributed by atoms with E-state index in [-0.39, 0.29) is 31.1 Å². The van der Waals surface area contributed by atoms with Crippen molar-refractivity contribution in [3.63, 3.8) is 0 Å². The minimum absolute atomic E-state index is 0.0936. The number of allylic oxidation sites excluding steroid dienone is 14. The molecular weight excluding hydrogens is 901 g/mol. The van der Waals surface area contributed by atoms with E-state index in [1.807, 2.05) is 0 Å². The molecular formula is C67H116O6. The summed E-state index contributed by atoms with van der Waals surface area (Å²) in [6.45, 7) is 6.60. The molecule has 1 unspecified atom stereocenters. The Hall–Kier alpha value is -3.41. The normalized spacial score (nSPS) is 12.6. The van der Waals surface area contributed by atoms with Gasteiger partial charge in [-0.1, -0.05) is 273 Å². The molecule has 0 aromatic carbocycles. The smallest absolute Gasteiger partial charge is 0.306 e. The van der Waals surface area contributed by atoms with Gasteiger partial charge in [0.1, 0.15) is 13.2 Å². The van der Waals surface area contributed by atoms with Crippen LogP contribution in [0.3, 0.4) is 0 Å². The third-order valence-electron chi connectivity index (χ3n) is 13.5. The minimum atomic E-state index is -0.800. The van der Waals surface area contributed by atoms with Crippen molar-refractivity contribution in [2.45, 2.75) is 309 Å². The molecule has 0 aliphatic carbocycles. The predicted molar refractivity (Wildman–Crippen MR) is 316 cm³/mol. The van der Waals surface area contributed by atoms with Crippen molar-refractivity contribution >= 4 is 17.9 Å². The van der Waals surface area contributed by atoms with Crippen LogP contribution in [0.2, 0.25) is 0 Å². The van der Waals surface area contributed by atoms with Crippen LogP contribution < -0.4 is 0 Å². The SMILES string of the molecule is CCCCCCC\C=C/C=C\C=C/CCCCCCCC(=O)OCC(COC(=O)CCCCCCCCC/C=C\CCCCCCCCCC)OC(=O)CCCCCCC\C=C/C=C\C=C/CCCCCCC. The van der Waals surface area contributed by atoms with Crippen LogP contribution in [0.25, 0.3) is 0 Å². The highest BCUT2D eigenvalue weighted by molar-refractivity contribution is 5.71. The van der Waals surface area contributed by atoms with Crippen LogP contribution in [0.1, 0.15) is 303 Å². The number of carbonyl (C=O) groups is 3. The number of hydrogen-bond acceptors (Lipinski definition) is 6. The lowest BCUT2D eigenvalue weighted by Crippen LogP contribution is -2.30. The van der Waals surface area contributed by atoms with Crippen molar-refractivity contribution in [3.8, 4) is 0 Å². The summed E-state index contributed by atoms with van der Waals surface area (Å²) in [6.07, 6.45) is 80.0. The van der Waals surface area contributed by atoms with Crippen LogP contribution >= 0.6 is 0 Å². The molecule has 0 radical (unpaired) electrons. The summed E-state index contributed by atoms with van der Waals surface area (Å²) >= 11 is 0. The number of ether oxygens (including phenoxy) is 3. The van der Waals surface area contributed by atoms with Gasteiger partial charge in [0.25, 0.3) is 0 Å². The predicted octanol–water partition coefficient (Wildman–Crippen LogP) is 21.1. The molecule has 1 atom stereocenters. The van der Waals surface area contributed by atoms with Crippen molar-refractivity contribution in [3.05, 3.63) is 85.1 Å². The van der Waals surface area contributed by atoms with Gasteiger partial charge in [0.15, 0.2) is 6.10 Å². The Morgan fingerprint density at radius 3 is 0.795 bits per heavy atom. The van der Waals surface area contributed by atoms with Gasteiger partial charge >= 0.3 is 17.9 Å². The molecule has 420 valence electrons. The zero-order valence-electron chi connectivity index (χ0n) is 48.1. The molecule has 0 fully saturated rings. The second kappa shape index (κ2) is 61.1. The van der Waals surface area contributed by atoms with E-state index in [0.29, 0.717) is 19.3 Å². The van der Waals surface area contributed by atoms with Gasteiger partial charge in [-0.25, -0.2) is 0 Å². The van der Waals surface area contributed by atoms with Gasteiger partial charge in [0.05, 0.1) is 0 Å². The van der Waals surface area contributed by atoms with E-state index < -0.39 is 6.10 Å². The maximum absolute atomic E-state index is 12.9. The van der Waals surface area contributed by atoms with Gasteiger partial charge in [-0.15, -0.1) is 0 Å². The van der Waals surface area contributed by atoms with Gasteiger partial charge in [-0.3, -0.25) is 14.4 Å². The highest BCUT2D eigenvalue weighted by Gasteiger charge is 2.19. The van der Waals surface area contributed by atoms with E-state index in [9.17, 15) is 14.4 Å². The summed E-state index contributed by atoms with van der Waals surface area (Å²) in [7, 11) is 0. The lowest BCUT2D eigenvalue weighted by atomic mass is 10.1. The zero-order chi connectivity index (χ0) is 52.9. The van der Waals surface area contributed by atoms with Crippen molar-refractivity contribution < 1.29 is 28.6 Å². The topological polar surface area (TPSA) is 78.9 Å². The fourth-order valence-corrected chi connectivity index (χ4v) is 8.74. The fourth-order valence-electron chi connectivity index (χ4n) is 8.74. The average molecular weight is 1020 g/mol. The highest BCUT2D eigenvalue weighted by Crippen LogP contribution is 2.15. The first-order valence-corrected chi connectivity index (χ1v) is 31.2. The van der Waals surface area contributed by atoms with Crippen LogP contribution in [0, 0.1) is 0 Å². The summed E-state index contributed by atoms with van der Waals surface area (Å²) in [5.74, 6) is -0.928. The molecule has 0 bridgehead atoms. The molecule has 73 heavy (non-hydrogen) atoms. The summed E-state index contributed by atoms with van der Waals surface area (Å²) in [6, 6.07) is 0. The van der Waals surface area contributed by atoms with Crippen LogP contribution in [0.15, 0.2) is 85.1 Å². The Bertz CT molecular complexity index is 1400. The summed E-state index contributed by atoms with van der Waals surface area (Å²) in [5.41, 5.74) is 0. The molecule has 0 N–H and O–H groups in total. The molecule has 0 aliphatic rings. The third kappa shape index (κ3) is 59.3.